The van der Waals surface area contributed by atoms with E-state index in [1.54, 1.807) is 0 Å². The zero-order valence-corrected chi connectivity index (χ0v) is 25.4. The van der Waals surface area contributed by atoms with E-state index in [0.29, 0.717) is 12.0 Å². The second-order valence-electron chi connectivity index (χ2n) is 12.6. The first-order chi connectivity index (χ1) is 22.3. The molecule has 0 saturated heterocycles. The average Bonchev–Trinajstić information content (AvgIpc) is 3.62. The average molecular weight is 579 g/mol. The molecule has 0 fully saturated rings. The summed E-state index contributed by atoms with van der Waals surface area (Å²) in [5.74, 6) is 0.491. The van der Waals surface area contributed by atoms with E-state index in [1.165, 1.54) is 71.6 Å². The van der Waals surface area contributed by atoms with Crippen LogP contribution in [0.1, 0.15) is 31.4 Å². The van der Waals surface area contributed by atoms with E-state index < -0.39 is 0 Å². The quantitative estimate of drug-likeness (QED) is 0.197. The standard InChI is InChI=1S/C43H34N2/c1-29-27-34(23-24-35(29)31-15-6-3-7-16-31)45-39-22-11-9-20-37(39)43-41(45)26-25-40-42(43)36-19-8-10-21-38(36)44(40)33-18-12-17-32(28-33)30-13-4-2-5-14-30/h2-22,24-26,28-29,34H,23,27H2,1H3. The zero-order valence-electron chi connectivity index (χ0n) is 25.4. The predicted octanol–water partition coefficient (Wildman–Crippen LogP) is 11.6. The number of hydrogen-bond acceptors (Lipinski definition) is 0. The van der Waals surface area contributed by atoms with E-state index in [-0.39, 0.29) is 0 Å². The van der Waals surface area contributed by atoms with Gasteiger partial charge in [0.05, 0.1) is 16.6 Å². The molecular weight excluding hydrogens is 544 g/mol. The van der Waals surface area contributed by atoms with Crippen molar-refractivity contribution >= 4 is 49.2 Å². The Hall–Kier alpha value is -5.34. The minimum Gasteiger partial charge on any atom is -0.337 e. The summed E-state index contributed by atoms with van der Waals surface area (Å²) in [6.07, 6.45) is 4.66. The van der Waals surface area contributed by atoms with Crippen molar-refractivity contribution in [2.75, 3.05) is 0 Å². The van der Waals surface area contributed by atoms with E-state index in [0.717, 1.165) is 12.8 Å². The highest BCUT2D eigenvalue weighted by Crippen LogP contribution is 2.45. The zero-order chi connectivity index (χ0) is 29.9. The van der Waals surface area contributed by atoms with Gasteiger partial charge in [-0.15, -0.1) is 0 Å². The Kier molecular flexibility index (Phi) is 6.02. The van der Waals surface area contributed by atoms with Crippen LogP contribution in [0.25, 0.3) is 66.0 Å². The fraction of sp³-hybridized carbons (Fsp3) is 0.116. The summed E-state index contributed by atoms with van der Waals surface area (Å²) in [4.78, 5) is 0. The van der Waals surface area contributed by atoms with Crippen molar-refractivity contribution < 1.29 is 0 Å². The second-order valence-corrected chi connectivity index (χ2v) is 12.6. The van der Waals surface area contributed by atoms with Crippen molar-refractivity contribution in [3.63, 3.8) is 0 Å². The van der Waals surface area contributed by atoms with Gasteiger partial charge in [-0.05, 0) is 77.4 Å². The summed E-state index contributed by atoms with van der Waals surface area (Å²) in [6.45, 7) is 2.40. The van der Waals surface area contributed by atoms with Crippen molar-refractivity contribution in [2.24, 2.45) is 5.92 Å². The first-order valence-electron chi connectivity index (χ1n) is 16.1. The van der Waals surface area contributed by atoms with Crippen LogP contribution in [0.5, 0.6) is 0 Å². The van der Waals surface area contributed by atoms with Crippen LogP contribution in [-0.4, -0.2) is 9.13 Å². The molecule has 0 amide bonds. The lowest BCUT2D eigenvalue weighted by molar-refractivity contribution is 0.432. The highest BCUT2D eigenvalue weighted by Gasteiger charge is 2.27. The van der Waals surface area contributed by atoms with Crippen LogP contribution in [-0.2, 0) is 0 Å². The largest absolute Gasteiger partial charge is 0.337 e. The maximum atomic E-state index is 2.65. The van der Waals surface area contributed by atoms with Crippen molar-refractivity contribution in [1.29, 1.82) is 0 Å². The number of para-hydroxylation sites is 2. The summed E-state index contributed by atoms with van der Waals surface area (Å²) in [6, 6.07) is 53.7. The van der Waals surface area contributed by atoms with E-state index in [4.69, 9.17) is 0 Å². The molecule has 8 aromatic rings. The van der Waals surface area contributed by atoms with Crippen LogP contribution in [0.2, 0.25) is 0 Å². The number of allylic oxidation sites excluding steroid dienone is 2. The molecule has 0 aliphatic heterocycles. The molecule has 2 heterocycles. The number of rotatable bonds is 4. The third kappa shape index (κ3) is 4.09. The Morgan fingerprint density at radius 1 is 0.511 bits per heavy atom. The van der Waals surface area contributed by atoms with Crippen LogP contribution in [0.4, 0.5) is 0 Å². The minimum atomic E-state index is 0.406. The van der Waals surface area contributed by atoms with Crippen molar-refractivity contribution in [3.8, 4) is 16.8 Å². The maximum absolute atomic E-state index is 2.65. The lowest BCUT2D eigenvalue weighted by Crippen LogP contribution is -2.17. The number of hydrogen-bond donors (Lipinski definition) is 0. The molecule has 45 heavy (non-hydrogen) atoms. The SMILES string of the molecule is CC1CC(n2c3ccccc3c3c4c5ccccc5n(-c5cccc(-c6ccccc6)c5)c4ccc32)CC=C1c1ccccc1. The lowest BCUT2D eigenvalue weighted by Gasteiger charge is -2.30. The predicted molar refractivity (Wildman–Crippen MR) is 191 cm³/mol. The Morgan fingerprint density at radius 2 is 1.11 bits per heavy atom. The van der Waals surface area contributed by atoms with Crippen molar-refractivity contribution in [3.05, 3.63) is 157 Å². The molecule has 0 bridgehead atoms. The molecule has 1 aliphatic carbocycles. The number of fused-ring (bicyclic) bond motifs is 7. The third-order valence-corrected chi connectivity index (χ3v) is 9.96. The molecule has 6 aromatic carbocycles. The molecule has 0 spiro atoms. The van der Waals surface area contributed by atoms with E-state index in [1.807, 2.05) is 0 Å². The first kappa shape index (κ1) is 26.1. The van der Waals surface area contributed by atoms with Crippen LogP contribution in [0.3, 0.4) is 0 Å². The van der Waals surface area contributed by atoms with Crippen molar-refractivity contribution in [1.82, 2.24) is 9.13 Å². The first-order valence-corrected chi connectivity index (χ1v) is 16.1. The Balaban J connectivity index is 1.28. The van der Waals surface area contributed by atoms with E-state index in [9.17, 15) is 0 Å². The molecule has 0 radical (unpaired) electrons. The van der Waals surface area contributed by atoms with Gasteiger partial charge in [0.25, 0.3) is 0 Å². The summed E-state index contributed by atoms with van der Waals surface area (Å²) < 4.78 is 5.11. The molecule has 2 atom stereocenters. The summed E-state index contributed by atoms with van der Waals surface area (Å²) >= 11 is 0. The van der Waals surface area contributed by atoms with Crippen LogP contribution in [0, 0.1) is 5.92 Å². The molecule has 2 unspecified atom stereocenters. The molecule has 216 valence electrons. The molecule has 2 heteroatoms. The number of aromatic nitrogens is 2. The van der Waals surface area contributed by atoms with Gasteiger partial charge >= 0.3 is 0 Å². The smallest absolute Gasteiger partial charge is 0.0548 e. The van der Waals surface area contributed by atoms with Crippen LogP contribution in [0.15, 0.2) is 152 Å². The van der Waals surface area contributed by atoms with Gasteiger partial charge in [0.15, 0.2) is 0 Å². The molecule has 9 rings (SSSR count). The van der Waals surface area contributed by atoms with Gasteiger partial charge < -0.3 is 9.13 Å². The minimum absolute atomic E-state index is 0.406. The Bertz CT molecular complexity index is 2390. The number of benzene rings is 6. The lowest BCUT2D eigenvalue weighted by atomic mass is 9.82. The van der Waals surface area contributed by atoms with Gasteiger partial charge in [0.1, 0.15) is 0 Å². The van der Waals surface area contributed by atoms with Gasteiger partial charge in [-0.2, -0.15) is 0 Å². The van der Waals surface area contributed by atoms with E-state index >= 15 is 0 Å². The van der Waals surface area contributed by atoms with E-state index in [2.05, 4.69) is 168 Å². The van der Waals surface area contributed by atoms with Crippen LogP contribution >= 0.6 is 0 Å². The highest BCUT2D eigenvalue weighted by atomic mass is 15.0. The molecule has 0 N–H and O–H groups in total. The van der Waals surface area contributed by atoms with Gasteiger partial charge in [0.2, 0.25) is 0 Å². The topological polar surface area (TPSA) is 9.86 Å². The van der Waals surface area contributed by atoms with Crippen LogP contribution < -0.4 is 0 Å². The van der Waals surface area contributed by atoms with Gasteiger partial charge in [0, 0.05) is 38.8 Å². The summed E-state index contributed by atoms with van der Waals surface area (Å²) in [5, 5.41) is 5.34. The Morgan fingerprint density at radius 3 is 1.87 bits per heavy atom. The second kappa shape index (κ2) is 10.4. The van der Waals surface area contributed by atoms with Gasteiger partial charge in [-0.25, -0.2) is 0 Å². The molecule has 0 saturated carbocycles. The fourth-order valence-corrected chi connectivity index (χ4v) is 8.01. The number of nitrogens with zero attached hydrogens (tertiary/aromatic N) is 2. The van der Waals surface area contributed by atoms with Gasteiger partial charge in [-0.1, -0.05) is 122 Å². The highest BCUT2D eigenvalue weighted by molar-refractivity contribution is 6.28. The summed E-state index contributed by atoms with van der Waals surface area (Å²) in [7, 11) is 0. The fourth-order valence-electron chi connectivity index (χ4n) is 8.01. The molecule has 1 aliphatic rings. The monoisotopic (exact) mass is 578 g/mol. The Labute approximate surface area is 263 Å². The molecule has 2 aromatic heterocycles. The molecule has 2 nitrogen and oxygen atoms in total. The normalized spacial score (nSPS) is 17.0. The molecular formula is C43H34N2. The maximum Gasteiger partial charge on any atom is 0.0548 e. The third-order valence-electron chi connectivity index (χ3n) is 9.96. The summed E-state index contributed by atoms with van der Waals surface area (Å²) in [5.41, 5.74) is 11.6. The van der Waals surface area contributed by atoms with Gasteiger partial charge in [-0.3, -0.25) is 0 Å². The van der Waals surface area contributed by atoms with Crippen molar-refractivity contribution in [2.45, 2.75) is 25.8 Å².